The van der Waals surface area contributed by atoms with Crippen molar-refractivity contribution >= 4 is 17.7 Å². The van der Waals surface area contributed by atoms with Crippen LogP contribution in [0.25, 0.3) is 0 Å². The Morgan fingerprint density at radius 2 is 0.927 bits per heavy atom. The summed E-state index contributed by atoms with van der Waals surface area (Å²) in [5.41, 5.74) is 2.31. The second-order valence-electron chi connectivity index (χ2n) is 8.91. The van der Waals surface area contributed by atoms with Crippen LogP contribution in [-0.4, -0.2) is 75.7 Å². The molecule has 0 saturated heterocycles. The maximum absolute atomic E-state index is 11.5. The number of ether oxygens (including phenoxy) is 5. The predicted octanol–water partition coefficient (Wildman–Crippen LogP) is 4.02. The summed E-state index contributed by atoms with van der Waals surface area (Å²) >= 11 is 0. The standard InChI is InChI=1S/C32H36O9/c33-29(31(35)36)16-17-30(34)40-24-22-38-20-18-37-19-21-39-23-25-41-32(26-10-4-1-5-11-26,27-12-6-2-7-13-27)28-14-8-3-9-15-28/h1-15H,16-25H2,(H,35,36). The van der Waals surface area contributed by atoms with Crippen molar-refractivity contribution in [1.82, 2.24) is 0 Å². The molecule has 0 aromatic heterocycles. The highest BCUT2D eigenvalue weighted by Gasteiger charge is 2.37. The van der Waals surface area contributed by atoms with Gasteiger partial charge in [-0.25, -0.2) is 4.79 Å². The van der Waals surface area contributed by atoms with E-state index in [2.05, 4.69) is 36.4 Å². The highest BCUT2D eigenvalue weighted by Crippen LogP contribution is 2.40. The van der Waals surface area contributed by atoms with Crippen molar-refractivity contribution in [3.05, 3.63) is 108 Å². The maximum atomic E-state index is 11.5. The lowest BCUT2D eigenvalue weighted by Crippen LogP contribution is -2.34. The van der Waals surface area contributed by atoms with Crippen molar-refractivity contribution in [3.8, 4) is 0 Å². The molecule has 3 aromatic carbocycles. The fraction of sp³-hybridized carbons (Fsp3) is 0.344. The van der Waals surface area contributed by atoms with Gasteiger partial charge in [0.15, 0.2) is 0 Å². The average Bonchev–Trinajstić information content (AvgIpc) is 3.01. The first-order valence-corrected chi connectivity index (χ1v) is 13.5. The first kappa shape index (κ1) is 31.6. The van der Waals surface area contributed by atoms with Crippen molar-refractivity contribution in [2.24, 2.45) is 0 Å². The van der Waals surface area contributed by atoms with Crippen LogP contribution >= 0.6 is 0 Å². The summed E-state index contributed by atoms with van der Waals surface area (Å²) in [5.74, 6) is -3.23. The van der Waals surface area contributed by atoms with Gasteiger partial charge in [0.05, 0.1) is 52.7 Å². The quantitative estimate of drug-likeness (QED) is 0.0940. The van der Waals surface area contributed by atoms with Gasteiger partial charge in [0.2, 0.25) is 5.78 Å². The third-order valence-corrected chi connectivity index (χ3v) is 6.12. The third kappa shape index (κ3) is 10.2. The molecule has 0 radical (unpaired) electrons. The van der Waals surface area contributed by atoms with Gasteiger partial charge in [0.25, 0.3) is 0 Å². The van der Waals surface area contributed by atoms with E-state index in [0.29, 0.717) is 39.6 Å². The van der Waals surface area contributed by atoms with Crippen molar-refractivity contribution in [3.63, 3.8) is 0 Å². The molecule has 0 aliphatic rings. The van der Waals surface area contributed by atoms with Gasteiger partial charge in [0, 0.05) is 6.42 Å². The summed E-state index contributed by atoms with van der Waals surface area (Å²) in [5, 5.41) is 8.48. The molecule has 0 aliphatic carbocycles. The van der Waals surface area contributed by atoms with Crippen LogP contribution in [0.15, 0.2) is 91.0 Å². The van der Waals surface area contributed by atoms with E-state index in [1.54, 1.807) is 0 Å². The lowest BCUT2D eigenvalue weighted by Gasteiger charge is -2.36. The molecular weight excluding hydrogens is 528 g/mol. The number of carboxylic acids is 1. The van der Waals surface area contributed by atoms with Crippen LogP contribution in [0.1, 0.15) is 29.5 Å². The Labute approximate surface area is 240 Å². The van der Waals surface area contributed by atoms with E-state index in [4.69, 9.17) is 28.8 Å². The number of carbonyl (C=O) groups is 3. The van der Waals surface area contributed by atoms with Crippen LogP contribution in [0.5, 0.6) is 0 Å². The molecule has 0 heterocycles. The number of esters is 1. The Bertz CT molecular complexity index is 1090. The van der Waals surface area contributed by atoms with Crippen LogP contribution in [0.3, 0.4) is 0 Å². The molecule has 0 atom stereocenters. The number of rotatable bonds is 20. The topological polar surface area (TPSA) is 118 Å². The number of ketones is 1. The molecule has 41 heavy (non-hydrogen) atoms. The van der Waals surface area contributed by atoms with E-state index in [-0.39, 0.29) is 26.1 Å². The van der Waals surface area contributed by atoms with Gasteiger partial charge in [-0.2, -0.15) is 0 Å². The molecule has 9 nitrogen and oxygen atoms in total. The fourth-order valence-corrected chi connectivity index (χ4v) is 4.17. The van der Waals surface area contributed by atoms with Crippen LogP contribution in [0.2, 0.25) is 0 Å². The number of hydrogen-bond acceptors (Lipinski definition) is 8. The monoisotopic (exact) mass is 564 g/mol. The van der Waals surface area contributed by atoms with Gasteiger partial charge in [-0.15, -0.1) is 0 Å². The SMILES string of the molecule is O=C(CCC(=O)C(=O)O)OCCOCCOCCOCCOC(c1ccccc1)(c1ccccc1)c1ccccc1. The number of hydrogen-bond donors (Lipinski definition) is 1. The first-order chi connectivity index (χ1) is 20.0. The molecule has 218 valence electrons. The summed E-state index contributed by atoms with van der Waals surface area (Å²) in [7, 11) is 0. The Morgan fingerprint density at radius 1 is 0.537 bits per heavy atom. The minimum absolute atomic E-state index is 0.0135. The van der Waals surface area contributed by atoms with Crippen LogP contribution < -0.4 is 0 Å². The molecule has 1 N–H and O–H groups in total. The molecule has 9 heteroatoms. The molecular formula is C32H36O9. The summed E-state index contributed by atoms with van der Waals surface area (Å²) in [4.78, 5) is 32.8. The molecule has 0 aliphatic heterocycles. The summed E-state index contributed by atoms with van der Waals surface area (Å²) in [6.45, 7) is 2.37. The Balaban J connectivity index is 1.35. The lowest BCUT2D eigenvalue weighted by atomic mass is 9.80. The predicted molar refractivity (Wildman–Crippen MR) is 150 cm³/mol. The van der Waals surface area contributed by atoms with Crippen molar-refractivity contribution in [2.45, 2.75) is 18.4 Å². The molecule has 0 amide bonds. The van der Waals surface area contributed by atoms with E-state index in [9.17, 15) is 14.4 Å². The van der Waals surface area contributed by atoms with E-state index >= 15 is 0 Å². The number of carboxylic acid groups (broad SMARTS) is 1. The zero-order chi connectivity index (χ0) is 29.2. The smallest absolute Gasteiger partial charge is 0.372 e. The van der Waals surface area contributed by atoms with Crippen LogP contribution in [-0.2, 0) is 43.7 Å². The third-order valence-electron chi connectivity index (χ3n) is 6.12. The number of aliphatic carboxylic acids is 1. The summed E-state index contributed by atoms with van der Waals surface area (Å²) in [6, 6.07) is 30.5. The lowest BCUT2D eigenvalue weighted by molar-refractivity contribution is -0.151. The minimum atomic E-state index is -1.56. The Kier molecular flexibility index (Phi) is 13.7. The average molecular weight is 565 g/mol. The van der Waals surface area contributed by atoms with E-state index in [0.717, 1.165) is 16.7 Å². The second kappa shape index (κ2) is 17.7. The maximum Gasteiger partial charge on any atom is 0.372 e. The highest BCUT2D eigenvalue weighted by molar-refractivity contribution is 6.32. The summed E-state index contributed by atoms with van der Waals surface area (Å²) < 4.78 is 28.1. The van der Waals surface area contributed by atoms with E-state index in [1.807, 2.05) is 54.6 Å². The molecule has 0 unspecified atom stereocenters. The Hall–Kier alpha value is -3.89. The zero-order valence-corrected chi connectivity index (χ0v) is 22.9. The number of carbonyl (C=O) groups excluding carboxylic acids is 2. The molecule has 0 fully saturated rings. The zero-order valence-electron chi connectivity index (χ0n) is 22.9. The largest absolute Gasteiger partial charge is 0.476 e. The second-order valence-corrected chi connectivity index (χ2v) is 8.91. The first-order valence-electron chi connectivity index (χ1n) is 13.5. The molecule has 3 rings (SSSR count). The summed E-state index contributed by atoms with van der Waals surface area (Å²) in [6.07, 6.45) is -0.657. The highest BCUT2D eigenvalue weighted by atomic mass is 16.6. The van der Waals surface area contributed by atoms with Gasteiger partial charge in [0.1, 0.15) is 12.2 Å². The molecule has 0 spiro atoms. The molecule has 0 bridgehead atoms. The van der Waals surface area contributed by atoms with Gasteiger partial charge in [-0.05, 0) is 16.7 Å². The molecule has 3 aromatic rings. The number of Topliss-reactive ketones (excluding diaryl/α,β-unsaturated/α-hetero) is 1. The Morgan fingerprint density at radius 3 is 1.34 bits per heavy atom. The van der Waals surface area contributed by atoms with Gasteiger partial charge in [-0.3, -0.25) is 9.59 Å². The van der Waals surface area contributed by atoms with Crippen molar-refractivity contribution < 1.29 is 43.2 Å². The van der Waals surface area contributed by atoms with E-state index < -0.39 is 23.3 Å². The van der Waals surface area contributed by atoms with Gasteiger partial charge < -0.3 is 28.8 Å². The normalized spacial score (nSPS) is 11.2. The van der Waals surface area contributed by atoms with Crippen LogP contribution in [0, 0.1) is 0 Å². The molecule has 0 saturated carbocycles. The van der Waals surface area contributed by atoms with Crippen molar-refractivity contribution in [2.75, 3.05) is 52.9 Å². The van der Waals surface area contributed by atoms with Crippen molar-refractivity contribution in [1.29, 1.82) is 0 Å². The minimum Gasteiger partial charge on any atom is -0.476 e. The van der Waals surface area contributed by atoms with E-state index in [1.165, 1.54) is 0 Å². The van der Waals surface area contributed by atoms with Crippen LogP contribution in [0.4, 0.5) is 0 Å². The fourth-order valence-electron chi connectivity index (χ4n) is 4.17. The van der Waals surface area contributed by atoms with Gasteiger partial charge >= 0.3 is 11.9 Å². The number of benzene rings is 3. The van der Waals surface area contributed by atoms with Gasteiger partial charge in [-0.1, -0.05) is 91.0 Å².